The highest BCUT2D eigenvalue weighted by Gasteiger charge is 2.17. The first-order valence-corrected chi connectivity index (χ1v) is 5.06. The molecule has 2 N–H and O–H groups in total. The van der Waals surface area contributed by atoms with Crippen molar-refractivity contribution in [1.82, 2.24) is 20.7 Å². The van der Waals surface area contributed by atoms with Crippen LogP contribution in [0.15, 0.2) is 18.2 Å². The van der Waals surface area contributed by atoms with Crippen LogP contribution in [0.5, 0.6) is 5.75 Å². The van der Waals surface area contributed by atoms with Crippen LogP contribution in [0.25, 0.3) is 11.0 Å². The van der Waals surface area contributed by atoms with E-state index in [0.717, 1.165) is 36.5 Å². The second-order valence-corrected chi connectivity index (χ2v) is 3.81. The fourth-order valence-corrected chi connectivity index (χ4v) is 1.59. The van der Waals surface area contributed by atoms with Gasteiger partial charge in [-0.3, -0.25) is 0 Å². The summed E-state index contributed by atoms with van der Waals surface area (Å²) in [5.74, 6) is 1.52. The summed E-state index contributed by atoms with van der Waals surface area (Å²) >= 11 is 0. The van der Waals surface area contributed by atoms with Gasteiger partial charge in [0.1, 0.15) is 16.8 Å². The Morgan fingerprint density at radius 3 is 2.93 bits per heavy atom. The van der Waals surface area contributed by atoms with Crippen molar-refractivity contribution in [3.05, 3.63) is 18.2 Å². The van der Waals surface area contributed by atoms with E-state index in [1.807, 2.05) is 18.2 Å². The van der Waals surface area contributed by atoms with Crippen molar-refractivity contribution in [1.29, 1.82) is 0 Å². The molecule has 1 fully saturated rings. The van der Waals surface area contributed by atoms with E-state index in [0.29, 0.717) is 5.92 Å². The first-order valence-electron chi connectivity index (χ1n) is 5.06. The van der Waals surface area contributed by atoms with Gasteiger partial charge in [0.15, 0.2) is 0 Å². The standard InChI is InChI=1S/C10H12N4O/c1-2-9-10(13-14-12-9)3-8(1)15-6-7-4-11-5-7/h1-3,7,11H,4-6H2,(H,12,13,14). The molecule has 15 heavy (non-hydrogen) atoms. The molecule has 1 aliphatic rings. The van der Waals surface area contributed by atoms with Gasteiger partial charge in [-0.05, 0) is 12.1 Å². The summed E-state index contributed by atoms with van der Waals surface area (Å²) < 4.78 is 5.67. The molecule has 1 saturated heterocycles. The molecule has 0 saturated carbocycles. The lowest BCUT2D eigenvalue weighted by Gasteiger charge is -2.26. The zero-order valence-corrected chi connectivity index (χ0v) is 8.23. The van der Waals surface area contributed by atoms with Gasteiger partial charge >= 0.3 is 0 Å². The first-order chi connectivity index (χ1) is 7.42. The molecule has 1 aromatic heterocycles. The topological polar surface area (TPSA) is 62.8 Å². The monoisotopic (exact) mass is 204 g/mol. The number of H-pyrrole nitrogens is 1. The number of hydrogen-bond donors (Lipinski definition) is 2. The van der Waals surface area contributed by atoms with Gasteiger partial charge in [-0.1, -0.05) is 0 Å². The molecule has 0 bridgehead atoms. The highest BCUT2D eigenvalue weighted by Crippen LogP contribution is 2.18. The number of rotatable bonds is 3. The largest absolute Gasteiger partial charge is 0.493 e. The van der Waals surface area contributed by atoms with Crippen LogP contribution in [0.2, 0.25) is 0 Å². The van der Waals surface area contributed by atoms with Gasteiger partial charge < -0.3 is 10.1 Å². The number of ether oxygens (including phenoxy) is 1. The summed E-state index contributed by atoms with van der Waals surface area (Å²) in [6.45, 7) is 2.90. The third-order valence-electron chi connectivity index (χ3n) is 2.64. The fourth-order valence-electron chi connectivity index (χ4n) is 1.59. The third kappa shape index (κ3) is 1.66. The lowest BCUT2D eigenvalue weighted by atomic mass is 10.1. The smallest absolute Gasteiger partial charge is 0.121 e. The predicted molar refractivity (Wildman–Crippen MR) is 55.7 cm³/mol. The van der Waals surface area contributed by atoms with Crippen LogP contribution in [-0.2, 0) is 0 Å². The Bertz CT molecular complexity index is 463. The van der Waals surface area contributed by atoms with E-state index in [-0.39, 0.29) is 0 Å². The minimum atomic E-state index is 0.651. The summed E-state index contributed by atoms with van der Waals surface area (Å²) in [4.78, 5) is 0. The van der Waals surface area contributed by atoms with Crippen molar-refractivity contribution < 1.29 is 4.74 Å². The van der Waals surface area contributed by atoms with Crippen LogP contribution in [0.3, 0.4) is 0 Å². The molecule has 1 aliphatic heterocycles. The van der Waals surface area contributed by atoms with Crippen molar-refractivity contribution in [2.24, 2.45) is 5.92 Å². The lowest BCUT2D eigenvalue weighted by molar-refractivity contribution is 0.199. The number of aromatic amines is 1. The van der Waals surface area contributed by atoms with Crippen molar-refractivity contribution in [2.75, 3.05) is 19.7 Å². The normalized spacial score (nSPS) is 16.5. The Labute approximate surface area is 86.8 Å². The van der Waals surface area contributed by atoms with Gasteiger partial charge in [0.2, 0.25) is 0 Å². The molecule has 3 rings (SSSR count). The van der Waals surface area contributed by atoms with Crippen LogP contribution in [0.4, 0.5) is 0 Å². The quantitative estimate of drug-likeness (QED) is 0.766. The maximum Gasteiger partial charge on any atom is 0.121 e. The van der Waals surface area contributed by atoms with Gasteiger partial charge in [-0.2, -0.15) is 15.4 Å². The van der Waals surface area contributed by atoms with Gasteiger partial charge in [0.05, 0.1) is 6.61 Å². The molecule has 0 atom stereocenters. The number of nitrogens with zero attached hydrogens (tertiary/aromatic N) is 2. The predicted octanol–water partition coefficient (Wildman–Crippen LogP) is 0.556. The van der Waals surface area contributed by atoms with Gasteiger partial charge in [0.25, 0.3) is 0 Å². The van der Waals surface area contributed by atoms with Crippen LogP contribution in [-0.4, -0.2) is 35.1 Å². The SMILES string of the molecule is c1cc2n[nH]nc2cc1OCC1CNC1. The van der Waals surface area contributed by atoms with E-state index in [1.54, 1.807) is 0 Å². The molecule has 5 nitrogen and oxygen atoms in total. The van der Waals surface area contributed by atoms with E-state index in [1.165, 1.54) is 0 Å². The van der Waals surface area contributed by atoms with Crippen LogP contribution in [0.1, 0.15) is 0 Å². The highest BCUT2D eigenvalue weighted by molar-refractivity contribution is 5.75. The number of nitrogens with one attached hydrogen (secondary N) is 2. The molecule has 0 amide bonds. The molecule has 0 spiro atoms. The van der Waals surface area contributed by atoms with Gasteiger partial charge in [-0.25, -0.2) is 0 Å². The Morgan fingerprint density at radius 2 is 2.13 bits per heavy atom. The summed E-state index contributed by atoms with van der Waals surface area (Å²) in [6, 6.07) is 5.75. The lowest BCUT2D eigenvalue weighted by Crippen LogP contribution is -2.45. The molecule has 1 aromatic carbocycles. The summed E-state index contributed by atoms with van der Waals surface area (Å²) in [5.41, 5.74) is 1.71. The average molecular weight is 204 g/mol. The zero-order chi connectivity index (χ0) is 10.1. The summed E-state index contributed by atoms with van der Waals surface area (Å²) in [7, 11) is 0. The molecule has 2 heterocycles. The van der Waals surface area contributed by atoms with Crippen LogP contribution < -0.4 is 10.1 Å². The van der Waals surface area contributed by atoms with Crippen LogP contribution >= 0.6 is 0 Å². The maximum atomic E-state index is 5.67. The number of fused-ring (bicyclic) bond motifs is 1. The van der Waals surface area contributed by atoms with E-state index in [2.05, 4.69) is 20.7 Å². The van der Waals surface area contributed by atoms with Crippen molar-refractivity contribution in [3.8, 4) is 5.75 Å². The second-order valence-electron chi connectivity index (χ2n) is 3.81. The first kappa shape index (κ1) is 8.67. The van der Waals surface area contributed by atoms with E-state index in [4.69, 9.17) is 4.74 Å². The molecule has 5 heteroatoms. The minimum absolute atomic E-state index is 0.651. The minimum Gasteiger partial charge on any atom is -0.493 e. The Kier molecular flexibility index (Phi) is 2.03. The molecule has 0 aliphatic carbocycles. The van der Waals surface area contributed by atoms with Crippen molar-refractivity contribution >= 4 is 11.0 Å². The van der Waals surface area contributed by atoms with E-state index < -0.39 is 0 Å². The van der Waals surface area contributed by atoms with Gasteiger partial charge in [-0.15, -0.1) is 0 Å². The second kappa shape index (κ2) is 3.51. The third-order valence-corrected chi connectivity index (χ3v) is 2.64. The molecule has 0 radical (unpaired) electrons. The van der Waals surface area contributed by atoms with Crippen LogP contribution in [0, 0.1) is 5.92 Å². The molecule has 2 aromatic rings. The fraction of sp³-hybridized carbons (Fsp3) is 0.400. The number of aromatic nitrogens is 3. The molecule has 0 unspecified atom stereocenters. The number of hydrogen-bond acceptors (Lipinski definition) is 4. The summed E-state index contributed by atoms with van der Waals surface area (Å²) in [6.07, 6.45) is 0. The van der Waals surface area contributed by atoms with E-state index >= 15 is 0 Å². The number of benzene rings is 1. The Morgan fingerprint density at radius 1 is 1.27 bits per heavy atom. The van der Waals surface area contributed by atoms with E-state index in [9.17, 15) is 0 Å². The van der Waals surface area contributed by atoms with Crippen molar-refractivity contribution in [2.45, 2.75) is 0 Å². The average Bonchev–Trinajstić information content (AvgIpc) is 2.62. The van der Waals surface area contributed by atoms with Crippen molar-refractivity contribution in [3.63, 3.8) is 0 Å². The highest BCUT2D eigenvalue weighted by atomic mass is 16.5. The Balaban J connectivity index is 1.72. The van der Waals surface area contributed by atoms with Gasteiger partial charge in [0, 0.05) is 25.1 Å². The molecule has 78 valence electrons. The molecular weight excluding hydrogens is 192 g/mol. The zero-order valence-electron chi connectivity index (χ0n) is 8.23. The molecular formula is C10H12N4O. The maximum absolute atomic E-state index is 5.67. The summed E-state index contributed by atoms with van der Waals surface area (Å²) in [5, 5.41) is 13.8. The Hall–Kier alpha value is -1.62.